The van der Waals surface area contributed by atoms with E-state index in [2.05, 4.69) is 34.4 Å². The average Bonchev–Trinajstić information content (AvgIpc) is 2.61. The zero-order valence-electron chi connectivity index (χ0n) is 15.1. The number of benzene rings is 1. The van der Waals surface area contributed by atoms with Crippen LogP contribution < -0.4 is 15.4 Å². The van der Waals surface area contributed by atoms with E-state index >= 15 is 0 Å². The zero-order valence-corrected chi connectivity index (χ0v) is 15.1. The highest BCUT2D eigenvalue weighted by Crippen LogP contribution is 2.10. The first-order chi connectivity index (χ1) is 11.8. The van der Waals surface area contributed by atoms with Gasteiger partial charge in [0.1, 0.15) is 12.4 Å². The third-order valence-corrected chi connectivity index (χ3v) is 4.19. The predicted octanol–water partition coefficient (Wildman–Crippen LogP) is 2.49. The SMILES string of the molecule is CCCN1CCC(NC(=NCCOc2ccccc2)NCC)CC1. The molecule has 5 nitrogen and oxygen atoms in total. The van der Waals surface area contributed by atoms with Crippen molar-refractivity contribution in [3.8, 4) is 5.75 Å². The second-order valence-corrected chi connectivity index (χ2v) is 6.18. The van der Waals surface area contributed by atoms with Gasteiger partial charge in [-0.1, -0.05) is 25.1 Å². The molecule has 0 radical (unpaired) electrons. The van der Waals surface area contributed by atoms with Gasteiger partial charge in [0.15, 0.2) is 5.96 Å². The minimum atomic E-state index is 0.519. The summed E-state index contributed by atoms with van der Waals surface area (Å²) in [4.78, 5) is 7.19. The molecular formula is C19H32N4O. The largest absolute Gasteiger partial charge is 0.492 e. The zero-order chi connectivity index (χ0) is 17.0. The molecule has 0 aromatic heterocycles. The maximum Gasteiger partial charge on any atom is 0.191 e. The number of guanidine groups is 1. The summed E-state index contributed by atoms with van der Waals surface area (Å²) in [7, 11) is 0. The molecule has 0 amide bonds. The number of ether oxygens (including phenoxy) is 1. The van der Waals surface area contributed by atoms with Gasteiger partial charge in [-0.25, -0.2) is 4.99 Å². The smallest absolute Gasteiger partial charge is 0.191 e. The molecule has 0 saturated carbocycles. The fraction of sp³-hybridized carbons (Fsp3) is 0.632. The minimum Gasteiger partial charge on any atom is -0.492 e. The Kier molecular flexibility index (Phi) is 8.46. The van der Waals surface area contributed by atoms with Gasteiger partial charge in [-0.3, -0.25) is 0 Å². The van der Waals surface area contributed by atoms with Crippen molar-refractivity contribution in [1.29, 1.82) is 0 Å². The molecule has 0 bridgehead atoms. The molecule has 134 valence electrons. The number of likely N-dealkylation sites (tertiary alicyclic amines) is 1. The summed E-state index contributed by atoms with van der Waals surface area (Å²) >= 11 is 0. The normalized spacial score (nSPS) is 16.8. The van der Waals surface area contributed by atoms with Crippen molar-refractivity contribution in [3.05, 3.63) is 30.3 Å². The van der Waals surface area contributed by atoms with Crippen LogP contribution in [0, 0.1) is 0 Å². The highest BCUT2D eigenvalue weighted by atomic mass is 16.5. The van der Waals surface area contributed by atoms with Crippen molar-refractivity contribution in [3.63, 3.8) is 0 Å². The molecule has 0 aliphatic carbocycles. The summed E-state index contributed by atoms with van der Waals surface area (Å²) in [6, 6.07) is 10.4. The van der Waals surface area contributed by atoms with Gasteiger partial charge < -0.3 is 20.3 Å². The highest BCUT2D eigenvalue weighted by Gasteiger charge is 2.19. The first-order valence-electron chi connectivity index (χ1n) is 9.26. The minimum absolute atomic E-state index is 0.519. The van der Waals surface area contributed by atoms with Gasteiger partial charge in [-0.15, -0.1) is 0 Å². The molecule has 5 heteroatoms. The number of hydrogen-bond donors (Lipinski definition) is 2. The first-order valence-corrected chi connectivity index (χ1v) is 9.26. The van der Waals surface area contributed by atoms with E-state index in [0.29, 0.717) is 19.2 Å². The van der Waals surface area contributed by atoms with Crippen molar-refractivity contribution in [2.24, 2.45) is 4.99 Å². The number of aliphatic imine (C=N–C) groups is 1. The maximum atomic E-state index is 5.70. The molecule has 2 N–H and O–H groups in total. The van der Waals surface area contributed by atoms with E-state index < -0.39 is 0 Å². The Morgan fingerprint density at radius 2 is 1.96 bits per heavy atom. The Balaban J connectivity index is 1.72. The second-order valence-electron chi connectivity index (χ2n) is 6.18. The van der Waals surface area contributed by atoms with Gasteiger partial charge in [-0.2, -0.15) is 0 Å². The van der Waals surface area contributed by atoms with E-state index in [1.165, 1.54) is 38.9 Å². The van der Waals surface area contributed by atoms with E-state index in [4.69, 9.17) is 4.74 Å². The standard InChI is InChI=1S/C19H32N4O/c1-3-13-23-14-10-17(11-15-23)22-19(20-4-2)21-12-16-24-18-8-6-5-7-9-18/h5-9,17H,3-4,10-16H2,1-2H3,(H2,20,21,22). The van der Waals surface area contributed by atoms with Gasteiger partial charge >= 0.3 is 0 Å². The van der Waals surface area contributed by atoms with Crippen LogP contribution in [0.5, 0.6) is 5.75 Å². The summed E-state index contributed by atoms with van der Waals surface area (Å²) in [5, 5.41) is 6.91. The summed E-state index contributed by atoms with van der Waals surface area (Å²) < 4.78 is 5.70. The third-order valence-electron chi connectivity index (χ3n) is 4.19. The molecule has 0 atom stereocenters. The lowest BCUT2D eigenvalue weighted by molar-refractivity contribution is 0.206. The van der Waals surface area contributed by atoms with Crippen molar-refractivity contribution >= 4 is 5.96 Å². The van der Waals surface area contributed by atoms with Gasteiger partial charge in [-0.05, 0) is 44.9 Å². The van der Waals surface area contributed by atoms with E-state index in [0.717, 1.165) is 18.3 Å². The van der Waals surface area contributed by atoms with E-state index in [-0.39, 0.29) is 0 Å². The van der Waals surface area contributed by atoms with Crippen LogP contribution in [0.4, 0.5) is 0 Å². The Labute approximate surface area is 146 Å². The van der Waals surface area contributed by atoms with Crippen LogP contribution in [0.25, 0.3) is 0 Å². The molecule has 0 unspecified atom stereocenters. The molecule has 0 spiro atoms. The van der Waals surface area contributed by atoms with Crippen LogP contribution in [0.1, 0.15) is 33.1 Å². The maximum absolute atomic E-state index is 5.70. The third kappa shape index (κ3) is 6.79. The number of hydrogen-bond acceptors (Lipinski definition) is 3. The van der Waals surface area contributed by atoms with Gasteiger partial charge in [0.2, 0.25) is 0 Å². The molecule has 1 aliphatic rings. The van der Waals surface area contributed by atoms with Gasteiger partial charge in [0.05, 0.1) is 6.54 Å². The van der Waals surface area contributed by atoms with Crippen molar-refractivity contribution < 1.29 is 4.74 Å². The molecule has 1 aromatic carbocycles. The summed E-state index contributed by atoms with van der Waals surface area (Å²) in [5.41, 5.74) is 0. The van der Waals surface area contributed by atoms with Gasteiger partial charge in [0, 0.05) is 25.7 Å². The van der Waals surface area contributed by atoms with E-state index in [9.17, 15) is 0 Å². The summed E-state index contributed by atoms with van der Waals surface area (Å²) in [5.74, 6) is 1.80. The average molecular weight is 332 g/mol. The van der Waals surface area contributed by atoms with Crippen LogP contribution in [-0.4, -0.2) is 56.2 Å². The Morgan fingerprint density at radius 3 is 2.62 bits per heavy atom. The molecule has 1 heterocycles. The van der Waals surface area contributed by atoms with Crippen LogP contribution in [0.15, 0.2) is 35.3 Å². The lowest BCUT2D eigenvalue weighted by Gasteiger charge is -2.32. The summed E-state index contributed by atoms with van der Waals surface area (Å²) in [6.07, 6.45) is 3.61. The Bertz CT molecular complexity index is 470. The number of piperidine rings is 1. The Hall–Kier alpha value is -1.75. The molecule has 2 rings (SSSR count). The number of nitrogens with one attached hydrogen (secondary N) is 2. The molecular weight excluding hydrogens is 300 g/mol. The van der Waals surface area contributed by atoms with E-state index in [1.807, 2.05) is 30.3 Å². The van der Waals surface area contributed by atoms with Gasteiger partial charge in [0.25, 0.3) is 0 Å². The Morgan fingerprint density at radius 1 is 1.21 bits per heavy atom. The molecule has 1 saturated heterocycles. The van der Waals surface area contributed by atoms with Crippen LogP contribution in [0.2, 0.25) is 0 Å². The first kappa shape index (κ1) is 18.6. The molecule has 24 heavy (non-hydrogen) atoms. The lowest BCUT2D eigenvalue weighted by Crippen LogP contribution is -2.48. The van der Waals surface area contributed by atoms with Crippen LogP contribution in [0.3, 0.4) is 0 Å². The molecule has 1 fully saturated rings. The fourth-order valence-electron chi connectivity index (χ4n) is 2.97. The quantitative estimate of drug-likeness (QED) is 0.436. The number of nitrogens with zero attached hydrogens (tertiary/aromatic N) is 2. The lowest BCUT2D eigenvalue weighted by atomic mass is 10.1. The van der Waals surface area contributed by atoms with Crippen LogP contribution in [-0.2, 0) is 0 Å². The molecule has 1 aromatic rings. The van der Waals surface area contributed by atoms with Crippen molar-refractivity contribution in [1.82, 2.24) is 15.5 Å². The number of rotatable bonds is 8. The predicted molar refractivity (Wildman–Crippen MR) is 101 cm³/mol. The number of para-hydroxylation sites is 1. The highest BCUT2D eigenvalue weighted by molar-refractivity contribution is 5.80. The van der Waals surface area contributed by atoms with E-state index in [1.54, 1.807) is 0 Å². The monoisotopic (exact) mass is 332 g/mol. The second kappa shape index (κ2) is 10.9. The van der Waals surface area contributed by atoms with Crippen LogP contribution >= 0.6 is 0 Å². The fourth-order valence-corrected chi connectivity index (χ4v) is 2.97. The summed E-state index contributed by atoms with van der Waals surface area (Å²) in [6.45, 7) is 10.1. The van der Waals surface area contributed by atoms with Crippen molar-refractivity contribution in [2.75, 3.05) is 39.3 Å². The van der Waals surface area contributed by atoms with Crippen molar-refractivity contribution in [2.45, 2.75) is 39.2 Å². The molecule has 1 aliphatic heterocycles. The topological polar surface area (TPSA) is 48.9 Å².